The topological polar surface area (TPSA) is 123 Å². The average Bonchev–Trinajstić information content (AvgIpc) is 2.26. The summed E-state index contributed by atoms with van der Waals surface area (Å²) in [5, 5.41) is 2.67. The molecule has 0 aliphatic rings. The number of nitrogen functional groups attached to an aromatic ring is 1. The second kappa shape index (κ2) is 5.97. The molecular formula is C11H17N5O2. The van der Waals surface area contributed by atoms with Crippen molar-refractivity contribution in [3.63, 3.8) is 0 Å². The Bertz CT molecular complexity index is 461. The minimum Gasteiger partial charge on any atom is -0.370 e. The SMILES string of the molecule is Cc1cc(C(=O)NC(C)CC(N)=O)cc(NN)n1. The Kier molecular flexibility index (Phi) is 4.61. The van der Waals surface area contributed by atoms with Crippen LogP contribution in [0.4, 0.5) is 5.82 Å². The van der Waals surface area contributed by atoms with Crippen molar-refractivity contribution < 1.29 is 9.59 Å². The largest absolute Gasteiger partial charge is 0.370 e. The van der Waals surface area contributed by atoms with Gasteiger partial charge in [-0.05, 0) is 26.0 Å². The molecule has 0 saturated carbocycles. The van der Waals surface area contributed by atoms with Crippen LogP contribution in [0.1, 0.15) is 29.4 Å². The molecule has 7 nitrogen and oxygen atoms in total. The highest BCUT2D eigenvalue weighted by Gasteiger charge is 2.13. The fraction of sp³-hybridized carbons (Fsp3) is 0.364. The number of nitrogens with one attached hydrogen (secondary N) is 2. The van der Waals surface area contributed by atoms with Crippen LogP contribution in [0.25, 0.3) is 0 Å². The van der Waals surface area contributed by atoms with Gasteiger partial charge in [-0.15, -0.1) is 0 Å². The first-order chi connectivity index (χ1) is 8.42. The van der Waals surface area contributed by atoms with Crippen LogP contribution >= 0.6 is 0 Å². The smallest absolute Gasteiger partial charge is 0.251 e. The number of anilines is 1. The number of aromatic nitrogens is 1. The Morgan fingerprint density at radius 1 is 1.44 bits per heavy atom. The van der Waals surface area contributed by atoms with Gasteiger partial charge in [0.05, 0.1) is 0 Å². The van der Waals surface area contributed by atoms with Crippen molar-refractivity contribution >= 4 is 17.6 Å². The number of hydrogen-bond donors (Lipinski definition) is 4. The first-order valence-electron chi connectivity index (χ1n) is 5.47. The minimum absolute atomic E-state index is 0.0950. The molecular weight excluding hydrogens is 234 g/mol. The molecule has 1 aromatic rings. The Labute approximate surface area is 105 Å². The van der Waals surface area contributed by atoms with E-state index in [-0.39, 0.29) is 18.4 Å². The summed E-state index contributed by atoms with van der Waals surface area (Å²) in [7, 11) is 0. The Morgan fingerprint density at radius 2 is 2.11 bits per heavy atom. The number of carbonyl (C=O) groups is 2. The predicted octanol–water partition coefficient (Wildman–Crippen LogP) is -0.331. The summed E-state index contributed by atoms with van der Waals surface area (Å²) >= 11 is 0. The highest BCUT2D eigenvalue weighted by molar-refractivity contribution is 5.95. The van der Waals surface area contributed by atoms with Crippen LogP contribution in [0.5, 0.6) is 0 Å². The highest BCUT2D eigenvalue weighted by Crippen LogP contribution is 2.09. The number of hydrogen-bond acceptors (Lipinski definition) is 5. The van der Waals surface area contributed by atoms with E-state index in [0.717, 1.165) is 0 Å². The van der Waals surface area contributed by atoms with E-state index in [1.807, 2.05) is 0 Å². The van der Waals surface area contributed by atoms with Crippen molar-refractivity contribution in [1.82, 2.24) is 10.3 Å². The van der Waals surface area contributed by atoms with Crippen molar-refractivity contribution in [2.75, 3.05) is 5.43 Å². The van der Waals surface area contributed by atoms with Gasteiger partial charge in [0.15, 0.2) is 0 Å². The third kappa shape index (κ3) is 4.02. The van der Waals surface area contributed by atoms with E-state index >= 15 is 0 Å². The molecule has 0 saturated heterocycles. The Hall–Kier alpha value is -2.15. The number of nitrogens with two attached hydrogens (primary N) is 2. The van der Waals surface area contributed by atoms with Crippen LogP contribution in [0.2, 0.25) is 0 Å². The highest BCUT2D eigenvalue weighted by atomic mass is 16.2. The molecule has 2 amide bonds. The molecule has 7 heteroatoms. The molecule has 0 fully saturated rings. The number of aryl methyl sites for hydroxylation is 1. The third-order valence-corrected chi connectivity index (χ3v) is 2.25. The van der Waals surface area contributed by atoms with E-state index in [2.05, 4.69) is 15.7 Å². The summed E-state index contributed by atoms with van der Waals surface area (Å²) in [6, 6.07) is 2.84. The van der Waals surface area contributed by atoms with E-state index in [1.165, 1.54) is 6.07 Å². The Morgan fingerprint density at radius 3 is 2.67 bits per heavy atom. The standard InChI is InChI=1S/C11H17N5O2/c1-6-3-8(5-10(14-6)16-13)11(18)15-7(2)4-9(12)17/h3,5,7H,4,13H2,1-2H3,(H2,12,17)(H,14,16)(H,15,18). The number of primary amides is 1. The molecule has 6 N–H and O–H groups in total. The van der Waals surface area contributed by atoms with Gasteiger partial charge in [0, 0.05) is 23.7 Å². The molecule has 0 aliphatic carbocycles. The van der Waals surface area contributed by atoms with Crippen molar-refractivity contribution in [3.05, 3.63) is 23.4 Å². The zero-order valence-corrected chi connectivity index (χ0v) is 10.4. The van der Waals surface area contributed by atoms with Gasteiger partial charge in [-0.3, -0.25) is 9.59 Å². The normalized spacial score (nSPS) is 11.7. The van der Waals surface area contributed by atoms with Gasteiger partial charge >= 0.3 is 0 Å². The second-order valence-electron chi connectivity index (χ2n) is 4.07. The molecule has 18 heavy (non-hydrogen) atoms. The average molecular weight is 251 g/mol. The number of carbonyl (C=O) groups excluding carboxylic acids is 2. The molecule has 1 aromatic heterocycles. The summed E-state index contributed by atoms with van der Waals surface area (Å²) in [6.45, 7) is 3.46. The molecule has 0 aliphatic heterocycles. The molecule has 0 radical (unpaired) electrons. The number of hydrazine groups is 1. The number of pyridine rings is 1. The van der Waals surface area contributed by atoms with Crippen LogP contribution in [0, 0.1) is 6.92 Å². The number of rotatable bonds is 5. The molecule has 0 aromatic carbocycles. The van der Waals surface area contributed by atoms with Crippen molar-refractivity contribution in [2.45, 2.75) is 26.3 Å². The molecule has 1 heterocycles. The lowest BCUT2D eigenvalue weighted by Crippen LogP contribution is -2.35. The fourth-order valence-electron chi connectivity index (χ4n) is 1.53. The van der Waals surface area contributed by atoms with E-state index in [4.69, 9.17) is 11.6 Å². The monoisotopic (exact) mass is 251 g/mol. The maximum absolute atomic E-state index is 11.9. The summed E-state index contributed by atoms with van der Waals surface area (Å²) in [5.74, 6) is 4.89. The van der Waals surface area contributed by atoms with Crippen molar-refractivity contribution in [2.24, 2.45) is 11.6 Å². The van der Waals surface area contributed by atoms with Gasteiger partial charge in [0.25, 0.3) is 5.91 Å². The van der Waals surface area contributed by atoms with E-state index in [0.29, 0.717) is 17.1 Å². The minimum atomic E-state index is -0.460. The molecule has 0 spiro atoms. The second-order valence-corrected chi connectivity index (χ2v) is 4.07. The molecule has 1 rings (SSSR count). The van der Waals surface area contributed by atoms with Gasteiger partial charge in [-0.2, -0.15) is 0 Å². The molecule has 1 unspecified atom stereocenters. The number of nitrogens with zero attached hydrogens (tertiary/aromatic N) is 1. The summed E-state index contributed by atoms with van der Waals surface area (Å²) in [4.78, 5) is 26.7. The van der Waals surface area contributed by atoms with Gasteiger partial charge in [0.2, 0.25) is 5.91 Å². The van der Waals surface area contributed by atoms with Gasteiger partial charge in [-0.1, -0.05) is 0 Å². The van der Waals surface area contributed by atoms with Crippen LogP contribution in [0.3, 0.4) is 0 Å². The maximum Gasteiger partial charge on any atom is 0.251 e. The molecule has 1 atom stereocenters. The summed E-state index contributed by atoms with van der Waals surface area (Å²) < 4.78 is 0. The van der Waals surface area contributed by atoms with Crippen LogP contribution < -0.4 is 22.3 Å². The van der Waals surface area contributed by atoms with Gasteiger partial charge in [0.1, 0.15) is 5.82 Å². The first kappa shape index (κ1) is 13.9. The van der Waals surface area contributed by atoms with Gasteiger partial charge in [-0.25, -0.2) is 10.8 Å². The fourth-order valence-corrected chi connectivity index (χ4v) is 1.53. The zero-order valence-electron chi connectivity index (χ0n) is 10.4. The quantitative estimate of drug-likeness (QED) is 0.421. The zero-order chi connectivity index (χ0) is 13.7. The predicted molar refractivity (Wildman–Crippen MR) is 67.5 cm³/mol. The van der Waals surface area contributed by atoms with Crippen molar-refractivity contribution in [3.8, 4) is 0 Å². The lowest BCUT2D eigenvalue weighted by molar-refractivity contribution is -0.118. The summed E-state index contributed by atoms with van der Waals surface area (Å²) in [6.07, 6.45) is 0.0950. The summed E-state index contributed by atoms with van der Waals surface area (Å²) in [5.41, 5.74) is 8.52. The molecule has 98 valence electrons. The van der Waals surface area contributed by atoms with Crippen LogP contribution in [0.15, 0.2) is 12.1 Å². The maximum atomic E-state index is 11.9. The van der Waals surface area contributed by atoms with E-state index in [9.17, 15) is 9.59 Å². The Balaban J connectivity index is 2.77. The van der Waals surface area contributed by atoms with Crippen LogP contribution in [-0.4, -0.2) is 22.8 Å². The lowest BCUT2D eigenvalue weighted by atomic mass is 10.1. The lowest BCUT2D eigenvalue weighted by Gasteiger charge is -2.12. The van der Waals surface area contributed by atoms with Gasteiger partial charge < -0.3 is 16.5 Å². The third-order valence-electron chi connectivity index (χ3n) is 2.25. The van der Waals surface area contributed by atoms with E-state index in [1.54, 1.807) is 19.9 Å². The number of amides is 2. The first-order valence-corrected chi connectivity index (χ1v) is 5.47. The van der Waals surface area contributed by atoms with E-state index < -0.39 is 5.91 Å². The van der Waals surface area contributed by atoms with Crippen LogP contribution in [-0.2, 0) is 4.79 Å². The van der Waals surface area contributed by atoms with Crippen molar-refractivity contribution in [1.29, 1.82) is 0 Å². The molecule has 0 bridgehead atoms.